The first-order chi connectivity index (χ1) is 9.38. The maximum atomic E-state index is 12.2. The minimum Gasteiger partial charge on any atom is -0.398 e. The monoisotopic (exact) mass is 358 g/mol. The lowest BCUT2D eigenvalue weighted by atomic mass is 10.3. The van der Waals surface area contributed by atoms with Crippen molar-refractivity contribution >= 4 is 31.6 Å². The summed E-state index contributed by atoms with van der Waals surface area (Å²) in [4.78, 5) is 0.0727. The van der Waals surface area contributed by atoms with Crippen LogP contribution in [0.3, 0.4) is 0 Å². The quantitative estimate of drug-likeness (QED) is 0.792. The fourth-order valence-corrected chi connectivity index (χ4v) is 3.39. The lowest BCUT2D eigenvalue weighted by Crippen LogP contribution is -2.28. The average molecular weight is 359 g/mol. The molecule has 0 atom stereocenters. The Bertz CT molecular complexity index is 712. The number of halogens is 1. The maximum absolute atomic E-state index is 12.2. The molecule has 0 bridgehead atoms. The molecule has 0 unspecified atom stereocenters. The lowest BCUT2D eigenvalue weighted by molar-refractivity contribution is 0.561. The smallest absolute Gasteiger partial charge is 0.242 e. The molecular formula is C12H15BrN4O2S. The highest BCUT2D eigenvalue weighted by molar-refractivity contribution is 9.10. The Kier molecular flexibility index (Phi) is 4.46. The van der Waals surface area contributed by atoms with Gasteiger partial charge in [0.25, 0.3) is 0 Å². The lowest BCUT2D eigenvalue weighted by Gasteiger charge is -2.09. The molecule has 0 spiro atoms. The van der Waals surface area contributed by atoms with Crippen LogP contribution in [0, 0.1) is 6.92 Å². The molecule has 0 amide bonds. The van der Waals surface area contributed by atoms with Crippen LogP contribution in [-0.4, -0.2) is 24.7 Å². The summed E-state index contributed by atoms with van der Waals surface area (Å²) in [7, 11) is -3.62. The van der Waals surface area contributed by atoms with Crippen LogP contribution in [0.25, 0.3) is 0 Å². The van der Waals surface area contributed by atoms with Crippen molar-refractivity contribution < 1.29 is 8.42 Å². The predicted octanol–water partition coefficient (Wildman–Crippen LogP) is 1.51. The Morgan fingerprint density at radius 2 is 2.20 bits per heavy atom. The first-order valence-corrected chi connectivity index (χ1v) is 8.20. The number of aromatic nitrogens is 2. The summed E-state index contributed by atoms with van der Waals surface area (Å²) in [6, 6.07) is 4.73. The molecule has 108 valence electrons. The normalized spacial score (nSPS) is 11.7. The second-order valence-electron chi connectivity index (χ2n) is 4.36. The number of anilines is 1. The Morgan fingerprint density at radius 3 is 2.85 bits per heavy atom. The van der Waals surface area contributed by atoms with Crippen molar-refractivity contribution in [1.82, 2.24) is 14.5 Å². The van der Waals surface area contributed by atoms with E-state index < -0.39 is 10.0 Å². The summed E-state index contributed by atoms with van der Waals surface area (Å²) < 4.78 is 29.2. The number of hydrogen-bond acceptors (Lipinski definition) is 4. The molecule has 20 heavy (non-hydrogen) atoms. The van der Waals surface area contributed by atoms with Gasteiger partial charge in [-0.25, -0.2) is 13.1 Å². The van der Waals surface area contributed by atoms with E-state index >= 15 is 0 Å². The molecule has 2 rings (SSSR count). The van der Waals surface area contributed by atoms with Crippen LogP contribution in [0.1, 0.15) is 5.56 Å². The standard InChI is InChI=1S/C12H15BrN4O2S/c1-9-7-15-17(8-9)5-4-16-20(18,19)12-6-10(13)2-3-11(12)14/h2-3,6-8,16H,4-5,14H2,1H3. The Balaban J connectivity index is 2.06. The number of aryl methyl sites for hydroxylation is 1. The average Bonchev–Trinajstić information content (AvgIpc) is 2.78. The fraction of sp³-hybridized carbons (Fsp3) is 0.250. The number of rotatable bonds is 5. The number of benzene rings is 1. The van der Waals surface area contributed by atoms with Gasteiger partial charge in [-0.3, -0.25) is 4.68 Å². The van der Waals surface area contributed by atoms with E-state index in [4.69, 9.17) is 5.73 Å². The van der Waals surface area contributed by atoms with Crippen LogP contribution in [0.15, 0.2) is 40.0 Å². The van der Waals surface area contributed by atoms with E-state index in [1.807, 2.05) is 13.1 Å². The largest absolute Gasteiger partial charge is 0.398 e. The van der Waals surface area contributed by atoms with E-state index in [-0.39, 0.29) is 17.1 Å². The van der Waals surface area contributed by atoms with Gasteiger partial charge in [0.2, 0.25) is 10.0 Å². The number of sulfonamides is 1. The number of nitrogens with zero attached hydrogens (tertiary/aromatic N) is 2. The fourth-order valence-electron chi connectivity index (χ4n) is 1.70. The molecule has 1 aromatic heterocycles. The second-order valence-corrected chi connectivity index (χ2v) is 7.01. The van der Waals surface area contributed by atoms with Gasteiger partial charge in [0, 0.05) is 17.2 Å². The van der Waals surface area contributed by atoms with Crippen molar-refractivity contribution in [2.45, 2.75) is 18.4 Å². The zero-order valence-electron chi connectivity index (χ0n) is 10.9. The van der Waals surface area contributed by atoms with E-state index in [0.717, 1.165) is 5.56 Å². The summed E-state index contributed by atoms with van der Waals surface area (Å²) >= 11 is 3.23. The van der Waals surface area contributed by atoms with Gasteiger partial charge in [0.15, 0.2) is 0 Å². The molecule has 1 aromatic carbocycles. The summed E-state index contributed by atoms with van der Waals surface area (Å²) in [5.41, 5.74) is 6.95. The van der Waals surface area contributed by atoms with Crippen molar-refractivity contribution in [3.05, 3.63) is 40.6 Å². The van der Waals surface area contributed by atoms with Crippen molar-refractivity contribution in [1.29, 1.82) is 0 Å². The van der Waals surface area contributed by atoms with Gasteiger partial charge in [-0.15, -0.1) is 0 Å². The van der Waals surface area contributed by atoms with Gasteiger partial charge < -0.3 is 5.73 Å². The molecule has 8 heteroatoms. The highest BCUT2D eigenvalue weighted by Gasteiger charge is 2.17. The van der Waals surface area contributed by atoms with Crippen LogP contribution < -0.4 is 10.5 Å². The molecule has 0 fully saturated rings. The zero-order valence-corrected chi connectivity index (χ0v) is 13.3. The topological polar surface area (TPSA) is 90.0 Å². The van der Waals surface area contributed by atoms with E-state index in [1.165, 1.54) is 6.07 Å². The molecule has 0 saturated heterocycles. The number of hydrogen-bond donors (Lipinski definition) is 2. The van der Waals surface area contributed by atoms with Crippen molar-refractivity contribution in [3.8, 4) is 0 Å². The third-order valence-corrected chi connectivity index (χ3v) is 4.67. The molecular weight excluding hydrogens is 344 g/mol. The van der Waals surface area contributed by atoms with Gasteiger partial charge in [0.05, 0.1) is 18.4 Å². The first kappa shape index (κ1) is 15.0. The van der Waals surface area contributed by atoms with Gasteiger partial charge in [0.1, 0.15) is 4.90 Å². The highest BCUT2D eigenvalue weighted by Crippen LogP contribution is 2.22. The third kappa shape index (κ3) is 3.59. The molecule has 2 aromatic rings. The molecule has 0 radical (unpaired) electrons. The molecule has 0 aliphatic carbocycles. The molecule has 0 aliphatic heterocycles. The Morgan fingerprint density at radius 1 is 1.45 bits per heavy atom. The van der Waals surface area contributed by atoms with Crippen LogP contribution >= 0.6 is 15.9 Å². The van der Waals surface area contributed by atoms with Gasteiger partial charge in [-0.1, -0.05) is 15.9 Å². The summed E-state index contributed by atoms with van der Waals surface area (Å²) in [5.74, 6) is 0. The number of nitrogen functional groups attached to an aromatic ring is 1. The second kappa shape index (κ2) is 5.94. The first-order valence-electron chi connectivity index (χ1n) is 5.92. The molecule has 0 aliphatic rings. The van der Waals surface area contributed by atoms with Crippen molar-refractivity contribution in [3.63, 3.8) is 0 Å². The van der Waals surface area contributed by atoms with E-state index in [2.05, 4.69) is 25.8 Å². The number of nitrogens with two attached hydrogens (primary N) is 1. The summed E-state index contributed by atoms with van der Waals surface area (Å²) in [6.45, 7) is 2.63. The van der Waals surface area contributed by atoms with Crippen LogP contribution in [0.5, 0.6) is 0 Å². The minimum atomic E-state index is -3.62. The summed E-state index contributed by atoms with van der Waals surface area (Å²) in [6.07, 6.45) is 3.57. The third-order valence-electron chi connectivity index (χ3n) is 2.66. The molecule has 0 saturated carbocycles. The van der Waals surface area contributed by atoms with E-state index in [9.17, 15) is 8.42 Å². The van der Waals surface area contributed by atoms with E-state index in [0.29, 0.717) is 11.0 Å². The summed E-state index contributed by atoms with van der Waals surface area (Å²) in [5, 5.41) is 4.09. The molecule has 3 N–H and O–H groups in total. The van der Waals surface area contributed by atoms with E-state index in [1.54, 1.807) is 23.0 Å². The van der Waals surface area contributed by atoms with Crippen molar-refractivity contribution in [2.24, 2.45) is 0 Å². The van der Waals surface area contributed by atoms with Crippen LogP contribution in [0.4, 0.5) is 5.69 Å². The Labute approximate surface area is 126 Å². The molecule has 6 nitrogen and oxygen atoms in total. The van der Waals surface area contributed by atoms with Gasteiger partial charge in [-0.2, -0.15) is 5.10 Å². The van der Waals surface area contributed by atoms with Crippen LogP contribution in [-0.2, 0) is 16.6 Å². The van der Waals surface area contributed by atoms with Gasteiger partial charge in [-0.05, 0) is 30.7 Å². The predicted molar refractivity (Wildman–Crippen MR) is 80.7 cm³/mol. The maximum Gasteiger partial charge on any atom is 0.242 e. The zero-order chi connectivity index (χ0) is 14.8. The minimum absolute atomic E-state index is 0.0727. The van der Waals surface area contributed by atoms with Gasteiger partial charge >= 0.3 is 0 Å². The molecule has 1 heterocycles. The SMILES string of the molecule is Cc1cnn(CCNS(=O)(=O)c2cc(Br)ccc2N)c1. The highest BCUT2D eigenvalue weighted by atomic mass is 79.9. The van der Waals surface area contributed by atoms with Crippen molar-refractivity contribution in [2.75, 3.05) is 12.3 Å². The Hall–Kier alpha value is -1.38. The number of nitrogens with one attached hydrogen (secondary N) is 1. The van der Waals surface area contributed by atoms with Crippen LogP contribution in [0.2, 0.25) is 0 Å².